The minimum Gasteiger partial charge on any atom is -0.493 e. The fourth-order valence-electron chi connectivity index (χ4n) is 4.10. The largest absolute Gasteiger partial charge is 0.493 e. The topological polar surface area (TPSA) is 106 Å². The van der Waals surface area contributed by atoms with E-state index >= 15 is 0 Å². The van der Waals surface area contributed by atoms with E-state index in [0.29, 0.717) is 66.5 Å². The molecule has 5 aromatic rings. The van der Waals surface area contributed by atoms with Crippen molar-refractivity contribution in [1.82, 2.24) is 15.0 Å². The Hall–Kier alpha value is -4.67. The molecule has 206 valence electrons. The molecule has 0 atom stereocenters. The van der Waals surface area contributed by atoms with Crippen LogP contribution in [0.5, 0.6) is 28.7 Å². The number of nitrogens with one attached hydrogen (secondary N) is 1. The second kappa shape index (κ2) is 12.9. The average molecular weight is 543 g/mol. The van der Waals surface area contributed by atoms with E-state index in [1.54, 1.807) is 27.5 Å². The summed E-state index contributed by atoms with van der Waals surface area (Å²) in [7, 11) is 4.85. The van der Waals surface area contributed by atoms with Crippen molar-refractivity contribution in [3.63, 3.8) is 0 Å². The number of anilines is 2. The molecule has 0 bridgehead atoms. The Morgan fingerprint density at radius 3 is 2.23 bits per heavy atom. The zero-order valence-corrected chi connectivity index (χ0v) is 22.5. The number of nitrogens with zero attached hydrogens (tertiary/aromatic N) is 3. The van der Waals surface area contributed by atoms with Crippen LogP contribution in [-0.2, 0) is 9.47 Å². The smallest absolute Gasteiger partial charge is 0.169 e. The van der Waals surface area contributed by atoms with Gasteiger partial charge in [-0.2, -0.15) is 0 Å². The first-order chi connectivity index (χ1) is 19.7. The van der Waals surface area contributed by atoms with Gasteiger partial charge in [-0.25, -0.2) is 9.97 Å². The molecule has 0 aliphatic rings. The summed E-state index contributed by atoms with van der Waals surface area (Å²) in [6, 6.07) is 19.0. The molecule has 0 aliphatic carbocycles. The van der Waals surface area contributed by atoms with Gasteiger partial charge < -0.3 is 33.7 Å². The summed E-state index contributed by atoms with van der Waals surface area (Å²) in [5.74, 6) is 3.47. The van der Waals surface area contributed by atoms with E-state index in [0.717, 1.165) is 22.0 Å². The Morgan fingerprint density at radius 1 is 0.675 bits per heavy atom. The molecule has 0 radical (unpaired) electrons. The summed E-state index contributed by atoms with van der Waals surface area (Å²) in [5, 5.41) is 5.12. The molecule has 0 aliphatic heterocycles. The zero-order chi connectivity index (χ0) is 27.7. The highest BCUT2D eigenvalue weighted by Gasteiger charge is 2.15. The average Bonchev–Trinajstić information content (AvgIpc) is 2.98. The SMILES string of the molecule is COCCOc1cc2ncnc(Nc3ccc(Oc4cccc5cccnc45)c(OC)c3)c2cc1OCCOC. The molecule has 0 fully saturated rings. The number of fused-ring (bicyclic) bond motifs is 2. The summed E-state index contributed by atoms with van der Waals surface area (Å²) >= 11 is 0. The Bertz CT molecular complexity index is 1590. The highest BCUT2D eigenvalue weighted by atomic mass is 16.5. The number of pyridine rings is 1. The second-order valence-electron chi connectivity index (χ2n) is 8.64. The van der Waals surface area contributed by atoms with Crippen molar-refractivity contribution < 1.29 is 28.4 Å². The van der Waals surface area contributed by atoms with Gasteiger partial charge in [0.2, 0.25) is 0 Å². The lowest BCUT2D eigenvalue weighted by Gasteiger charge is -2.16. The van der Waals surface area contributed by atoms with Crippen LogP contribution in [0.3, 0.4) is 0 Å². The number of methoxy groups -OCH3 is 3. The number of para-hydroxylation sites is 1. The van der Waals surface area contributed by atoms with Crippen molar-refractivity contribution in [2.75, 3.05) is 53.1 Å². The van der Waals surface area contributed by atoms with E-state index in [-0.39, 0.29) is 0 Å². The van der Waals surface area contributed by atoms with Crippen LogP contribution in [0.15, 0.2) is 73.2 Å². The first kappa shape index (κ1) is 26.9. The summed E-state index contributed by atoms with van der Waals surface area (Å²) in [5.41, 5.74) is 2.22. The van der Waals surface area contributed by atoms with Crippen molar-refractivity contribution in [1.29, 1.82) is 0 Å². The predicted molar refractivity (Wildman–Crippen MR) is 152 cm³/mol. The van der Waals surface area contributed by atoms with Crippen molar-refractivity contribution in [3.8, 4) is 28.7 Å². The molecule has 1 N–H and O–H groups in total. The van der Waals surface area contributed by atoms with Gasteiger partial charge in [0.15, 0.2) is 28.7 Å². The van der Waals surface area contributed by atoms with Crippen LogP contribution in [0.25, 0.3) is 21.8 Å². The Morgan fingerprint density at radius 2 is 1.45 bits per heavy atom. The monoisotopic (exact) mass is 542 g/mol. The molecule has 0 unspecified atom stereocenters. The minimum atomic E-state index is 0.365. The summed E-state index contributed by atoms with van der Waals surface area (Å²) < 4.78 is 33.9. The third-order valence-electron chi connectivity index (χ3n) is 6.03. The molecule has 0 spiro atoms. The van der Waals surface area contributed by atoms with Crippen LogP contribution in [-0.4, -0.2) is 62.7 Å². The van der Waals surface area contributed by atoms with E-state index in [4.69, 9.17) is 28.4 Å². The number of aromatic nitrogens is 3. The predicted octanol–water partition coefficient (Wildman–Crippen LogP) is 5.77. The first-order valence-electron chi connectivity index (χ1n) is 12.7. The lowest BCUT2D eigenvalue weighted by atomic mass is 10.2. The lowest BCUT2D eigenvalue weighted by Crippen LogP contribution is -2.09. The number of rotatable bonds is 13. The lowest BCUT2D eigenvalue weighted by molar-refractivity contribution is 0.132. The van der Waals surface area contributed by atoms with Crippen LogP contribution in [0, 0.1) is 0 Å². The quantitative estimate of drug-likeness (QED) is 0.184. The van der Waals surface area contributed by atoms with Crippen molar-refractivity contribution in [2.45, 2.75) is 0 Å². The molecule has 0 saturated carbocycles. The van der Waals surface area contributed by atoms with Crippen molar-refractivity contribution in [3.05, 3.63) is 73.2 Å². The molecule has 2 aromatic heterocycles. The first-order valence-corrected chi connectivity index (χ1v) is 12.7. The third kappa shape index (κ3) is 6.14. The summed E-state index contributed by atoms with van der Waals surface area (Å²) in [4.78, 5) is 13.4. The second-order valence-corrected chi connectivity index (χ2v) is 8.64. The highest BCUT2D eigenvalue weighted by molar-refractivity contribution is 5.93. The molecule has 0 amide bonds. The highest BCUT2D eigenvalue weighted by Crippen LogP contribution is 2.38. The molecular weight excluding hydrogens is 512 g/mol. The van der Waals surface area contributed by atoms with Crippen LogP contribution in [0.1, 0.15) is 0 Å². The number of ether oxygens (including phenoxy) is 6. The van der Waals surface area contributed by atoms with Gasteiger partial charge in [0, 0.05) is 49.0 Å². The Kier molecular flexibility index (Phi) is 8.69. The molecule has 40 heavy (non-hydrogen) atoms. The standard InChI is InChI=1S/C30H30N4O6/c1-35-12-14-38-27-17-22-23(18-28(27)39-15-13-36-2)32-19-33-30(22)34-21-9-10-24(26(16-21)37-3)40-25-8-4-6-20-7-5-11-31-29(20)25/h4-11,16-19H,12-15H2,1-3H3,(H,32,33,34). The minimum absolute atomic E-state index is 0.365. The van der Waals surface area contributed by atoms with Gasteiger partial charge in [0.25, 0.3) is 0 Å². The van der Waals surface area contributed by atoms with Crippen LogP contribution in [0.4, 0.5) is 11.5 Å². The van der Waals surface area contributed by atoms with E-state index in [1.165, 1.54) is 6.33 Å². The zero-order valence-electron chi connectivity index (χ0n) is 22.5. The van der Waals surface area contributed by atoms with Crippen molar-refractivity contribution in [2.24, 2.45) is 0 Å². The molecule has 2 heterocycles. The van der Waals surface area contributed by atoms with Gasteiger partial charge in [-0.05, 0) is 30.3 Å². The van der Waals surface area contributed by atoms with E-state index in [2.05, 4.69) is 20.3 Å². The third-order valence-corrected chi connectivity index (χ3v) is 6.03. The van der Waals surface area contributed by atoms with Crippen LogP contribution in [0.2, 0.25) is 0 Å². The van der Waals surface area contributed by atoms with Crippen LogP contribution >= 0.6 is 0 Å². The van der Waals surface area contributed by atoms with Gasteiger partial charge >= 0.3 is 0 Å². The normalized spacial score (nSPS) is 11.0. The molecular formula is C30H30N4O6. The van der Waals surface area contributed by atoms with Gasteiger partial charge in [-0.15, -0.1) is 0 Å². The summed E-state index contributed by atoms with van der Waals surface area (Å²) in [6.07, 6.45) is 3.24. The number of hydrogen-bond acceptors (Lipinski definition) is 10. The number of hydrogen-bond donors (Lipinski definition) is 1. The van der Waals surface area contributed by atoms with E-state index in [1.807, 2.05) is 60.7 Å². The molecule has 10 nitrogen and oxygen atoms in total. The maximum atomic E-state index is 6.21. The van der Waals surface area contributed by atoms with E-state index in [9.17, 15) is 0 Å². The fourth-order valence-corrected chi connectivity index (χ4v) is 4.10. The maximum absolute atomic E-state index is 6.21. The Labute approximate surface area is 231 Å². The Balaban J connectivity index is 1.43. The number of benzene rings is 3. The molecule has 0 saturated heterocycles. The molecule has 3 aromatic carbocycles. The van der Waals surface area contributed by atoms with Gasteiger partial charge in [0.1, 0.15) is 30.9 Å². The summed E-state index contributed by atoms with van der Waals surface area (Å²) in [6.45, 7) is 1.63. The fraction of sp³-hybridized carbons (Fsp3) is 0.233. The van der Waals surface area contributed by atoms with Gasteiger partial charge in [-0.1, -0.05) is 18.2 Å². The molecule has 10 heteroatoms. The van der Waals surface area contributed by atoms with Crippen molar-refractivity contribution >= 4 is 33.3 Å². The molecule has 5 rings (SSSR count). The maximum Gasteiger partial charge on any atom is 0.169 e. The van der Waals surface area contributed by atoms with Gasteiger partial charge in [0.05, 0.1) is 25.8 Å². The van der Waals surface area contributed by atoms with Crippen LogP contribution < -0.4 is 24.3 Å². The van der Waals surface area contributed by atoms with Gasteiger partial charge in [-0.3, -0.25) is 4.98 Å². The van der Waals surface area contributed by atoms with E-state index < -0.39 is 0 Å².